The van der Waals surface area contributed by atoms with Crippen LogP contribution in [0.3, 0.4) is 0 Å². The highest BCUT2D eigenvalue weighted by Crippen LogP contribution is 2.45. The van der Waals surface area contributed by atoms with E-state index in [1.165, 1.54) is 73.7 Å². The molecule has 0 N–H and O–H groups in total. The molecule has 11 aromatic rings. The van der Waals surface area contributed by atoms with E-state index in [0.29, 0.717) is 17.5 Å². The summed E-state index contributed by atoms with van der Waals surface area (Å²) >= 11 is 3.68. The number of rotatable bonds is 6. The van der Waals surface area contributed by atoms with E-state index in [1.54, 1.807) is 0 Å². The summed E-state index contributed by atoms with van der Waals surface area (Å²) in [5.74, 6) is 1.99. The van der Waals surface area contributed by atoms with Crippen molar-refractivity contribution in [3.05, 3.63) is 188 Å². The van der Waals surface area contributed by atoms with Gasteiger partial charge in [-0.05, 0) is 75.8 Å². The second-order valence-corrected chi connectivity index (χ2v) is 16.2. The summed E-state index contributed by atoms with van der Waals surface area (Å²) in [6.45, 7) is 0. The Morgan fingerprint density at radius 2 is 0.804 bits per heavy atom. The molecule has 11 rings (SSSR count). The first kappa shape index (κ1) is 32.6. The average Bonchev–Trinajstić information content (AvgIpc) is 3.84. The van der Waals surface area contributed by atoms with Gasteiger partial charge in [0, 0.05) is 57.0 Å². The summed E-state index contributed by atoms with van der Waals surface area (Å²) in [6, 6.07) is 67.0. The van der Waals surface area contributed by atoms with Gasteiger partial charge in [-0.15, -0.1) is 22.7 Å². The Kier molecular flexibility index (Phi) is 7.87. The van der Waals surface area contributed by atoms with Crippen LogP contribution in [-0.2, 0) is 0 Å². The standard InChI is InChI=1S/C51H31N3S2/c1-4-13-32(14-5-1)35-19-12-20-37(27-35)42-29-39(31-47-48(42)41-21-10-11-22-44(41)56-47)36-24-26-45-43(28-36)40-25-23-38(30-46(40)55-45)51-53-49(33-15-6-2-7-16-33)52-50(54-51)34-17-8-3-9-18-34/h1-31H. The zero-order valence-corrected chi connectivity index (χ0v) is 31.7. The summed E-state index contributed by atoms with van der Waals surface area (Å²) in [7, 11) is 0. The SMILES string of the molecule is c1ccc(-c2cccc(-c3cc(-c4ccc5sc6cc(-c7nc(-c8ccccc8)nc(-c8ccccc8)n7)ccc6c5c4)cc4sc5ccccc5c34)c2)cc1. The summed E-state index contributed by atoms with van der Waals surface area (Å²) < 4.78 is 5.06. The highest BCUT2D eigenvalue weighted by atomic mass is 32.1. The Morgan fingerprint density at radius 1 is 0.268 bits per heavy atom. The first-order chi connectivity index (χ1) is 27.7. The van der Waals surface area contributed by atoms with Crippen molar-refractivity contribution in [2.45, 2.75) is 0 Å². The monoisotopic (exact) mass is 749 g/mol. The van der Waals surface area contributed by atoms with E-state index in [2.05, 4.69) is 127 Å². The van der Waals surface area contributed by atoms with E-state index in [1.807, 2.05) is 83.3 Å². The fourth-order valence-electron chi connectivity index (χ4n) is 7.78. The molecule has 0 spiro atoms. The summed E-state index contributed by atoms with van der Waals surface area (Å²) in [4.78, 5) is 14.9. The van der Waals surface area contributed by atoms with Crippen LogP contribution in [0.4, 0.5) is 0 Å². The fraction of sp³-hybridized carbons (Fsp3) is 0. The van der Waals surface area contributed by atoms with Gasteiger partial charge >= 0.3 is 0 Å². The molecule has 262 valence electrons. The molecule has 0 aliphatic rings. The van der Waals surface area contributed by atoms with Crippen LogP contribution in [0.15, 0.2) is 188 Å². The molecule has 3 nitrogen and oxygen atoms in total. The van der Waals surface area contributed by atoms with Gasteiger partial charge in [-0.3, -0.25) is 0 Å². The van der Waals surface area contributed by atoms with Crippen LogP contribution in [0.25, 0.3) is 108 Å². The molecule has 0 amide bonds. The second kappa shape index (κ2) is 13.5. The first-order valence-electron chi connectivity index (χ1n) is 18.7. The molecule has 0 bridgehead atoms. The summed E-state index contributed by atoms with van der Waals surface area (Å²) in [5.41, 5.74) is 10.2. The minimum absolute atomic E-state index is 0.664. The number of thiophene rings is 2. The lowest BCUT2D eigenvalue weighted by atomic mass is 9.92. The number of fused-ring (bicyclic) bond motifs is 6. The van der Waals surface area contributed by atoms with Crippen molar-refractivity contribution in [2.75, 3.05) is 0 Å². The van der Waals surface area contributed by atoms with Gasteiger partial charge in [0.2, 0.25) is 0 Å². The van der Waals surface area contributed by atoms with E-state index in [4.69, 9.17) is 15.0 Å². The van der Waals surface area contributed by atoms with E-state index < -0.39 is 0 Å². The predicted molar refractivity (Wildman–Crippen MR) is 238 cm³/mol. The lowest BCUT2D eigenvalue weighted by Crippen LogP contribution is -1.99. The van der Waals surface area contributed by atoms with Crippen LogP contribution in [-0.4, -0.2) is 15.0 Å². The Labute approximate surface area is 331 Å². The molecular weight excluding hydrogens is 719 g/mol. The van der Waals surface area contributed by atoms with Crippen molar-refractivity contribution in [3.63, 3.8) is 0 Å². The van der Waals surface area contributed by atoms with Crippen molar-refractivity contribution in [1.82, 2.24) is 15.0 Å². The van der Waals surface area contributed by atoms with Crippen LogP contribution in [0.1, 0.15) is 0 Å². The van der Waals surface area contributed by atoms with Crippen molar-refractivity contribution < 1.29 is 0 Å². The van der Waals surface area contributed by atoms with Crippen LogP contribution in [0, 0.1) is 0 Å². The minimum atomic E-state index is 0.664. The zero-order chi connectivity index (χ0) is 37.0. The smallest absolute Gasteiger partial charge is 0.164 e. The Morgan fingerprint density at radius 3 is 1.54 bits per heavy atom. The van der Waals surface area contributed by atoms with Gasteiger partial charge in [0.05, 0.1) is 0 Å². The molecule has 8 aromatic carbocycles. The van der Waals surface area contributed by atoms with Crippen molar-refractivity contribution in [1.29, 1.82) is 0 Å². The quantitative estimate of drug-likeness (QED) is 0.170. The molecule has 3 aromatic heterocycles. The molecule has 0 aliphatic carbocycles. The fourth-order valence-corrected chi connectivity index (χ4v) is 10.1. The van der Waals surface area contributed by atoms with E-state index in [9.17, 15) is 0 Å². The largest absolute Gasteiger partial charge is 0.208 e. The van der Waals surface area contributed by atoms with Crippen LogP contribution in [0.5, 0.6) is 0 Å². The number of benzene rings is 8. The highest BCUT2D eigenvalue weighted by molar-refractivity contribution is 7.26. The third kappa shape index (κ3) is 5.77. The van der Waals surface area contributed by atoms with Crippen molar-refractivity contribution in [2.24, 2.45) is 0 Å². The first-order valence-corrected chi connectivity index (χ1v) is 20.3. The topological polar surface area (TPSA) is 38.7 Å². The van der Waals surface area contributed by atoms with Gasteiger partial charge < -0.3 is 0 Å². The highest BCUT2D eigenvalue weighted by Gasteiger charge is 2.17. The molecule has 0 atom stereocenters. The Hall–Kier alpha value is -6.79. The number of hydrogen-bond donors (Lipinski definition) is 0. The maximum Gasteiger partial charge on any atom is 0.164 e. The van der Waals surface area contributed by atoms with Gasteiger partial charge in [0.15, 0.2) is 17.5 Å². The molecule has 0 fully saturated rings. The van der Waals surface area contributed by atoms with Crippen LogP contribution < -0.4 is 0 Å². The van der Waals surface area contributed by atoms with Crippen molar-refractivity contribution >= 4 is 63.0 Å². The van der Waals surface area contributed by atoms with E-state index in [-0.39, 0.29) is 0 Å². The Bertz CT molecular complexity index is 3180. The molecule has 0 saturated heterocycles. The van der Waals surface area contributed by atoms with Crippen molar-refractivity contribution in [3.8, 4) is 67.5 Å². The minimum Gasteiger partial charge on any atom is -0.208 e. The van der Waals surface area contributed by atoms with Gasteiger partial charge in [0.25, 0.3) is 0 Å². The Balaban J connectivity index is 1.04. The molecule has 56 heavy (non-hydrogen) atoms. The normalized spacial score (nSPS) is 11.6. The lowest BCUT2D eigenvalue weighted by molar-refractivity contribution is 1.07. The average molecular weight is 750 g/mol. The maximum atomic E-state index is 4.99. The molecule has 0 unspecified atom stereocenters. The maximum absolute atomic E-state index is 4.99. The zero-order valence-electron chi connectivity index (χ0n) is 30.1. The third-order valence-corrected chi connectivity index (χ3v) is 12.8. The molecule has 0 saturated carbocycles. The summed E-state index contributed by atoms with van der Waals surface area (Å²) in [5, 5.41) is 5.11. The van der Waals surface area contributed by atoms with Gasteiger partial charge in [-0.25, -0.2) is 15.0 Å². The number of nitrogens with zero attached hydrogens (tertiary/aromatic N) is 3. The molecule has 0 radical (unpaired) electrons. The van der Waals surface area contributed by atoms with Gasteiger partial charge in [-0.1, -0.05) is 146 Å². The summed E-state index contributed by atoms with van der Waals surface area (Å²) in [6.07, 6.45) is 0. The predicted octanol–water partition coefficient (Wildman–Crippen LogP) is 14.6. The van der Waals surface area contributed by atoms with E-state index in [0.717, 1.165) is 16.7 Å². The molecule has 3 heterocycles. The molecular formula is C51H31N3S2. The van der Waals surface area contributed by atoms with E-state index >= 15 is 0 Å². The number of hydrogen-bond acceptors (Lipinski definition) is 5. The van der Waals surface area contributed by atoms with Crippen LogP contribution >= 0.6 is 22.7 Å². The van der Waals surface area contributed by atoms with Gasteiger partial charge in [0.1, 0.15) is 0 Å². The molecule has 0 aliphatic heterocycles. The lowest BCUT2D eigenvalue weighted by Gasteiger charge is -2.11. The van der Waals surface area contributed by atoms with Gasteiger partial charge in [-0.2, -0.15) is 0 Å². The number of aromatic nitrogens is 3. The molecule has 5 heteroatoms. The third-order valence-electron chi connectivity index (χ3n) is 10.5. The second-order valence-electron chi connectivity index (χ2n) is 14.0. The van der Waals surface area contributed by atoms with Crippen LogP contribution in [0.2, 0.25) is 0 Å².